The van der Waals surface area contributed by atoms with E-state index in [1.54, 1.807) is 0 Å². The molecule has 0 aromatic heterocycles. The molecule has 126 valence electrons. The normalized spacial score (nSPS) is 25.4. The fourth-order valence-electron chi connectivity index (χ4n) is 3.32. The Kier molecular flexibility index (Phi) is 6.02. The van der Waals surface area contributed by atoms with Gasteiger partial charge in [0, 0.05) is 26.2 Å². The maximum Gasteiger partial charge on any atom is 0.239 e. The highest BCUT2D eigenvalue weighted by atomic mass is 16.5. The van der Waals surface area contributed by atoms with Crippen LogP contribution in [0.1, 0.15) is 12.0 Å². The molecule has 0 radical (unpaired) electrons. The van der Waals surface area contributed by atoms with E-state index in [2.05, 4.69) is 45.9 Å². The van der Waals surface area contributed by atoms with E-state index < -0.39 is 0 Å². The Labute approximate surface area is 138 Å². The summed E-state index contributed by atoms with van der Waals surface area (Å²) in [4.78, 5) is 14.6. The van der Waals surface area contributed by atoms with Crippen LogP contribution in [-0.4, -0.2) is 62.8 Å². The van der Waals surface area contributed by atoms with Gasteiger partial charge in [0.2, 0.25) is 5.91 Å². The van der Waals surface area contributed by atoms with Crippen LogP contribution in [0.3, 0.4) is 0 Å². The van der Waals surface area contributed by atoms with Crippen molar-refractivity contribution in [2.24, 2.45) is 5.92 Å². The predicted molar refractivity (Wildman–Crippen MR) is 90.3 cm³/mol. The lowest BCUT2D eigenvalue weighted by molar-refractivity contribution is -0.126. The number of nitrogens with one attached hydrogen (secondary N) is 2. The van der Waals surface area contributed by atoms with Gasteiger partial charge in [0.1, 0.15) is 6.04 Å². The van der Waals surface area contributed by atoms with Crippen molar-refractivity contribution in [2.45, 2.75) is 18.9 Å². The smallest absolute Gasteiger partial charge is 0.239 e. The van der Waals surface area contributed by atoms with Gasteiger partial charge in [-0.15, -0.1) is 0 Å². The van der Waals surface area contributed by atoms with Crippen molar-refractivity contribution in [1.82, 2.24) is 15.5 Å². The highest BCUT2D eigenvalue weighted by Gasteiger charge is 2.25. The molecule has 2 saturated heterocycles. The summed E-state index contributed by atoms with van der Waals surface area (Å²) < 4.78 is 5.33. The molecule has 23 heavy (non-hydrogen) atoms. The second-order valence-corrected chi connectivity index (χ2v) is 6.52. The molecule has 2 unspecified atom stereocenters. The maximum absolute atomic E-state index is 12.1. The average Bonchev–Trinajstić information content (AvgIpc) is 3.07. The van der Waals surface area contributed by atoms with Gasteiger partial charge in [0.15, 0.2) is 0 Å². The molecule has 5 heteroatoms. The SMILES string of the molecule is O=C(NCC1CCN(CCc2ccccc2)C1)C1COCCN1. The first-order valence-corrected chi connectivity index (χ1v) is 8.66. The number of rotatable bonds is 6. The summed E-state index contributed by atoms with van der Waals surface area (Å²) in [5.74, 6) is 0.645. The van der Waals surface area contributed by atoms with Gasteiger partial charge in [-0.2, -0.15) is 0 Å². The number of hydrogen-bond donors (Lipinski definition) is 2. The topological polar surface area (TPSA) is 53.6 Å². The lowest BCUT2D eigenvalue weighted by Gasteiger charge is -2.23. The fourth-order valence-corrected chi connectivity index (χ4v) is 3.32. The number of hydrogen-bond acceptors (Lipinski definition) is 4. The molecule has 1 aromatic carbocycles. The maximum atomic E-state index is 12.1. The van der Waals surface area contributed by atoms with Gasteiger partial charge in [-0.1, -0.05) is 30.3 Å². The third-order valence-electron chi connectivity index (χ3n) is 4.73. The lowest BCUT2D eigenvalue weighted by atomic mass is 10.1. The predicted octanol–water partition coefficient (Wildman–Crippen LogP) is 0.656. The molecule has 2 atom stereocenters. The minimum absolute atomic E-state index is 0.0763. The first kappa shape index (κ1) is 16.4. The molecule has 3 rings (SSSR count). The first-order chi connectivity index (χ1) is 11.3. The van der Waals surface area contributed by atoms with Crippen molar-refractivity contribution >= 4 is 5.91 Å². The Morgan fingerprint density at radius 3 is 3.00 bits per heavy atom. The molecule has 0 saturated carbocycles. The van der Waals surface area contributed by atoms with E-state index in [-0.39, 0.29) is 11.9 Å². The van der Waals surface area contributed by atoms with Gasteiger partial charge in [-0.25, -0.2) is 0 Å². The second kappa shape index (κ2) is 8.43. The largest absolute Gasteiger partial charge is 0.378 e. The van der Waals surface area contributed by atoms with Crippen molar-refractivity contribution in [3.63, 3.8) is 0 Å². The molecule has 0 aliphatic carbocycles. The van der Waals surface area contributed by atoms with E-state index in [0.717, 1.165) is 39.1 Å². The molecule has 0 spiro atoms. The van der Waals surface area contributed by atoms with Crippen LogP contribution in [0, 0.1) is 5.92 Å². The Bertz CT molecular complexity index is 488. The van der Waals surface area contributed by atoms with Crippen molar-refractivity contribution in [1.29, 1.82) is 0 Å². The van der Waals surface area contributed by atoms with E-state index in [1.165, 1.54) is 12.0 Å². The minimum atomic E-state index is -0.181. The third-order valence-corrected chi connectivity index (χ3v) is 4.73. The number of nitrogens with zero attached hydrogens (tertiary/aromatic N) is 1. The van der Waals surface area contributed by atoms with E-state index in [9.17, 15) is 4.79 Å². The number of carbonyl (C=O) groups excluding carboxylic acids is 1. The summed E-state index contributed by atoms with van der Waals surface area (Å²) >= 11 is 0. The summed E-state index contributed by atoms with van der Waals surface area (Å²) in [6, 6.07) is 10.4. The van der Waals surface area contributed by atoms with Crippen LogP contribution in [0.5, 0.6) is 0 Å². The van der Waals surface area contributed by atoms with Crippen molar-refractivity contribution in [2.75, 3.05) is 45.9 Å². The van der Waals surface area contributed by atoms with Crippen molar-refractivity contribution < 1.29 is 9.53 Å². The summed E-state index contributed by atoms with van der Waals surface area (Å²) in [6.45, 7) is 6.04. The number of morpholine rings is 1. The van der Waals surface area contributed by atoms with E-state index in [1.807, 2.05) is 0 Å². The molecular weight excluding hydrogens is 290 g/mol. The quantitative estimate of drug-likeness (QED) is 0.809. The zero-order chi connectivity index (χ0) is 15.9. The molecule has 2 N–H and O–H groups in total. The molecular formula is C18H27N3O2. The van der Waals surface area contributed by atoms with Crippen LogP contribution in [-0.2, 0) is 16.0 Å². The van der Waals surface area contributed by atoms with E-state index >= 15 is 0 Å². The van der Waals surface area contributed by atoms with Crippen molar-refractivity contribution in [3.8, 4) is 0 Å². The fraction of sp³-hybridized carbons (Fsp3) is 0.611. The summed E-state index contributed by atoms with van der Waals surface area (Å²) in [5, 5.41) is 6.27. The number of amides is 1. The van der Waals surface area contributed by atoms with Crippen LogP contribution in [0.4, 0.5) is 0 Å². The van der Waals surface area contributed by atoms with E-state index in [4.69, 9.17) is 4.74 Å². The molecule has 2 heterocycles. The van der Waals surface area contributed by atoms with Crippen LogP contribution in [0.25, 0.3) is 0 Å². The van der Waals surface area contributed by atoms with Gasteiger partial charge in [-0.3, -0.25) is 4.79 Å². The zero-order valence-electron chi connectivity index (χ0n) is 13.7. The Morgan fingerprint density at radius 2 is 2.22 bits per heavy atom. The van der Waals surface area contributed by atoms with Crippen molar-refractivity contribution in [3.05, 3.63) is 35.9 Å². The number of likely N-dealkylation sites (tertiary alicyclic amines) is 1. The highest BCUT2D eigenvalue weighted by molar-refractivity contribution is 5.81. The second-order valence-electron chi connectivity index (χ2n) is 6.52. The zero-order valence-corrected chi connectivity index (χ0v) is 13.7. The van der Waals surface area contributed by atoms with Crippen LogP contribution in [0.15, 0.2) is 30.3 Å². The molecule has 2 aliphatic heterocycles. The van der Waals surface area contributed by atoms with Crippen LogP contribution >= 0.6 is 0 Å². The summed E-state index contributed by atoms with van der Waals surface area (Å²) in [6.07, 6.45) is 2.27. The van der Waals surface area contributed by atoms with Gasteiger partial charge < -0.3 is 20.3 Å². The molecule has 5 nitrogen and oxygen atoms in total. The molecule has 0 bridgehead atoms. The number of carbonyl (C=O) groups is 1. The summed E-state index contributed by atoms with van der Waals surface area (Å²) in [5.41, 5.74) is 1.40. The van der Waals surface area contributed by atoms with E-state index in [0.29, 0.717) is 19.1 Å². The van der Waals surface area contributed by atoms with Gasteiger partial charge in [0.25, 0.3) is 0 Å². The van der Waals surface area contributed by atoms with Gasteiger partial charge in [-0.05, 0) is 30.9 Å². The Morgan fingerprint density at radius 1 is 1.35 bits per heavy atom. The molecule has 2 fully saturated rings. The highest BCUT2D eigenvalue weighted by Crippen LogP contribution is 2.16. The average molecular weight is 317 g/mol. The monoisotopic (exact) mass is 317 g/mol. The van der Waals surface area contributed by atoms with Crippen LogP contribution < -0.4 is 10.6 Å². The minimum Gasteiger partial charge on any atom is -0.378 e. The Hall–Kier alpha value is -1.43. The standard InChI is InChI=1S/C18H27N3O2/c22-18(17-14-23-11-8-19-17)20-12-16-7-10-21(13-16)9-6-15-4-2-1-3-5-15/h1-5,16-17,19H,6-14H2,(H,20,22). The Balaban J connectivity index is 1.34. The molecule has 1 aromatic rings. The lowest BCUT2D eigenvalue weighted by Crippen LogP contribution is -2.52. The third kappa shape index (κ3) is 5.03. The van der Waals surface area contributed by atoms with Crippen LogP contribution in [0.2, 0.25) is 0 Å². The first-order valence-electron chi connectivity index (χ1n) is 8.66. The van der Waals surface area contributed by atoms with Gasteiger partial charge >= 0.3 is 0 Å². The molecule has 2 aliphatic rings. The number of ether oxygens (including phenoxy) is 1. The summed E-state index contributed by atoms with van der Waals surface area (Å²) in [7, 11) is 0. The van der Waals surface area contributed by atoms with Gasteiger partial charge in [0.05, 0.1) is 13.2 Å². The molecule has 1 amide bonds. The number of benzene rings is 1.